The number of hydrogen-bond acceptors (Lipinski definition) is 6. The van der Waals surface area contributed by atoms with Crippen molar-refractivity contribution in [3.05, 3.63) is 47.0 Å². The third-order valence-corrected chi connectivity index (χ3v) is 6.69. The Hall–Kier alpha value is -3.09. The molecule has 2 aliphatic heterocycles. The zero-order chi connectivity index (χ0) is 22.4. The summed E-state index contributed by atoms with van der Waals surface area (Å²) < 4.78 is 5.99. The SMILES string of the molecule is Cc1cccc(N2CCN(C(=O)c3c(C)oc4nc(C)nc(N5CCCC5)c34)CC2C)c1. The molecule has 0 saturated carbocycles. The Bertz CT molecular complexity index is 1160. The number of fused-ring (bicyclic) bond motifs is 1. The van der Waals surface area contributed by atoms with Crippen molar-refractivity contribution in [2.45, 2.75) is 46.6 Å². The van der Waals surface area contributed by atoms with Crippen molar-refractivity contribution >= 4 is 28.5 Å². The molecular weight excluding hydrogens is 402 g/mol. The molecule has 2 saturated heterocycles. The lowest BCUT2D eigenvalue weighted by Gasteiger charge is -2.41. The van der Waals surface area contributed by atoms with E-state index in [1.807, 2.05) is 18.7 Å². The summed E-state index contributed by atoms with van der Waals surface area (Å²) in [6.45, 7) is 12.1. The lowest BCUT2D eigenvalue weighted by Crippen LogP contribution is -2.53. The standard InChI is InChI=1S/C25H31N5O2/c1-16-8-7-9-20(14-16)30-13-12-29(15-17(30)2)25(31)21-18(3)32-24-22(21)23(26-19(4)27-24)28-10-5-6-11-28/h7-9,14,17H,5-6,10-13,15H2,1-4H3. The largest absolute Gasteiger partial charge is 0.442 e. The van der Waals surface area contributed by atoms with E-state index in [0.717, 1.165) is 43.7 Å². The molecule has 1 atom stereocenters. The summed E-state index contributed by atoms with van der Waals surface area (Å²) >= 11 is 0. The van der Waals surface area contributed by atoms with Gasteiger partial charge in [-0.05, 0) is 58.2 Å². The molecule has 0 spiro atoms. The topological polar surface area (TPSA) is 65.7 Å². The number of carbonyl (C=O) groups excluding carboxylic acids is 1. The second-order valence-electron chi connectivity index (χ2n) is 9.13. The average Bonchev–Trinajstić information content (AvgIpc) is 3.40. The number of benzene rings is 1. The Balaban J connectivity index is 1.46. The van der Waals surface area contributed by atoms with Gasteiger partial charge in [0.2, 0.25) is 5.71 Å². The third kappa shape index (κ3) is 3.59. The number of piperazine rings is 1. The van der Waals surface area contributed by atoms with Crippen molar-refractivity contribution in [3.8, 4) is 0 Å². The molecule has 0 radical (unpaired) electrons. The second-order valence-corrected chi connectivity index (χ2v) is 9.13. The number of hydrogen-bond donors (Lipinski definition) is 0. The van der Waals surface area contributed by atoms with Crippen LogP contribution in [0.3, 0.4) is 0 Å². The van der Waals surface area contributed by atoms with Gasteiger partial charge >= 0.3 is 0 Å². The van der Waals surface area contributed by atoms with Gasteiger partial charge in [-0.2, -0.15) is 4.98 Å². The number of anilines is 2. The van der Waals surface area contributed by atoms with Crippen molar-refractivity contribution < 1.29 is 9.21 Å². The van der Waals surface area contributed by atoms with E-state index in [2.05, 4.69) is 52.9 Å². The number of nitrogens with zero attached hydrogens (tertiary/aromatic N) is 5. The number of aryl methyl sites for hydroxylation is 3. The zero-order valence-electron chi connectivity index (χ0n) is 19.4. The third-order valence-electron chi connectivity index (χ3n) is 6.69. The highest BCUT2D eigenvalue weighted by Crippen LogP contribution is 2.34. The smallest absolute Gasteiger partial charge is 0.258 e. The average molecular weight is 434 g/mol. The predicted molar refractivity (Wildman–Crippen MR) is 127 cm³/mol. The molecule has 1 unspecified atom stereocenters. The van der Waals surface area contributed by atoms with Gasteiger partial charge in [0.15, 0.2) is 0 Å². The van der Waals surface area contributed by atoms with E-state index >= 15 is 0 Å². The normalized spacial score (nSPS) is 19.2. The fourth-order valence-corrected chi connectivity index (χ4v) is 5.10. The van der Waals surface area contributed by atoms with Gasteiger partial charge < -0.3 is 19.1 Å². The van der Waals surface area contributed by atoms with Crippen LogP contribution >= 0.6 is 0 Å². The number of rotatable bonds is 3. The molecule has 168 valence electrons. The molecule has 1 aromatic carbocycles. The molecule has 0 N–H and O–H groups in total. The molecule has 7 heteroatoms. The summed E-state index contributed by atoms with van der Waals surface area (Å²) in [5.74, 6) is 2.16. The van der Waals surface area contributed by atoms with Crippen LogP contribution in [-0.4, -0.2) is 59.5 Å². The Morgan fingerprint density at radius 3 is 2.56 bits per heavy atom. The Labute approximate surface area is 189 Å². The molecule has 2 aliphatic rings. The Morgan fingerprint density at radius 1 is 1.06 bits per heavy atom. The van der Waals surface area contributed by atoms with Gasteiger partial charge in [-0.1, -0.05) is 12.1 Å². The monoisotopic (exact) mass is 433 g/mol. The molecule has 32 heavy (non-hydrogen) atoms. The molecule has 3 aromatic rings. The van der Waals surface area contributed by atoms with E-state index in [1.54, 1.807) is 0 Å². The van der Waals surface area contributed by atoms with Crippen LogP contribution in [0.25, 0.3) is 11.1 Å². The van der Waals surface area contributed by atoms with Crippen LogP contribution < -0.4 is 9.80 Å². The number of amides is 1. The van der Waals surface area contributed by atoms with Crippen LogP contribution in [0.4, 0.5) is 11.5 Å². The van der Waals surface area contributed by atoms with Gasteiger partial charge in [0.05, 0.1) is 10.9 Å². The molecule has 2 fully saturated rings. The highest BCUT2D eigenvalue weighted by atomic mass is 16.3. The maximum absolute atomic E-state index is 13.8. The molecule has 0 aliphatic carbocycles. The Morgan fingerprint density at radius 2 is 1.84 bits per heavy atom. The van der Waals surface area contributed by atoms with Gasteiger partial charge in [0.1, 0.15) is 17.4 Å². The second kappa shape index (κ2) is 8.11. The lowest BCUT2D eigenvalue weighted by atomic mass is 10.1. The first-order valence-corrected chi connectivity index (χ1v) is 11.6. The quantitative estimate of drug-likeness (QED) is 0.620. The molecule has 4 heterocycles. The molecular formula is C25H31N5O2. The zero-order valence-corrected chi connectivity index (χ0v) is 19.4. The maximum Gasteiger partial charge on any atom is 0.258 e. The number of aromatic nitrogens is 2. The molecule has 7 nitrogen and oxygen atoms in total. The Kier molecular flexibility index (Phi) is 5.27. The van der Waals surface area contributed by atoms with Gasteiger partial charge in [0.25, 0.3) is 5.91 Å². The van der Waals surface area contributed by atoms with Crippen molar-refractivity contribution in [3.63, 3.8) is 0 Å². The highest BCUT2D eigenvalue weighted by Gasteiger charge is 2.33. The fourth-order valence-electron chi connectivity index (χ4n) is 5.10. The van der Waals surface area contributed by atoms with Crippen LogP contribution in [-0.2, 0) is 0 Å². The van der Waals surface area contributed by atoms with Crippen molar-refractivity contribution in [1.82, 2.24) is 14.9 Å². The van der Waals surface area contributed by atoms with Gasteiger partial charge in [-0.15, -0.1) is 0 Å². The lowest BCUT2D eigenvalue weighted by molar-refractivity contribution is 0.0726. The maximum atomic E-state index is 13.8. The summed E-state index contributed by atoms with van der Waals surface area (Å²) in [5.41, 5.74) is 3.61. The predicted octanol–water partition coefficient (Wildman–Crippen LogP) is 4.10. The van der Waals surface area contributed by atoms with Crippen molar-refractivity contribution in [2.24, 2.45) is 0 Å². The van der Waals surface area contributed by atoms with Gasteiger partial charge in [0, 0.05) is 44.5 Å². The van der Waals surface area contributed by atoms with Gasteiger partial charge in [-0.3, -0.25) is 4.79 Å². The first kappa shape index (κ1) is 20.8. The van der Waals surface area contributed by atoms with Crippen LogP contribution in [0.5, 0.6) is 0 Å². The highest BCUT2D eigenvalue weighted by molar-refractivity contribution is 6.10. The van der Waals surface area contributed by atoms with Crippen LogP contribution in [0.15, 0.2) is 28.7 Å². The van der Waals surface area contributed by atoms with Crippen molar-refractivity contribution in [1.29, 1.82) is 0 Å². The minimum atomic E-state index is 0.0184. The van der Waals surface area contributed by atoms with E-state index in [-0.39, 0.29) is 11.9 Å². The molecule has 5 rings (SSSR count). The minimum Gasteiger partial charge on any atom is -0.442 e. The molecule has 2 aromatic heterocycles. The fraction of sp³-hybridized carbons (Fsp3) is 0.480. The summed E-state index contributed by atoms with van der Waals surface area (Å²) in [6, 6.07) is 8.80. The van der Waals surface area contributed by atoms with Gasteiger partial charge in [-0.25, -0.2) is 4.98 Å². The summed E-state index contributed by atoms with van der Waals surface area (Å²) in [6.07, 6.45) is 2.28. The van der Waals surface area contributed by atoms with E-state index in [4.69, 9.17) is 9.40 Å². The number of furan rings is 1. The van der Waals surface area contributed by atoms with Crippen LogP contribution in [0, 0.1) is 20.8 Å². The summed E-state index contributed by atoms with van der Waals surface area (Å²) in [7, 11) is 0. The minimum absolute atomic E-state index is 0.0184. The van der Waals surface area contributed by atoms with Crippen LogP contribution in [0.1, 0.15) is 47.3 Å². The van der Waals surface area contributed by atoms with E-state index < -0.39 is 0 Å². The van der Waals surface area contributed by atoms with E-state index in [9.17, 15) is 4.79 Å². The van der Waals surface area contributed by atoms with E-state index in [0.29, 0.717) is 36.0 Å². The van der Waals surface area contributed by atoms with Crippen molar-refractivity contribution in [2.75, 3.05) is 42.5 Å². The molecule has 0 bridgehead atoms. The first-order chi connectivity index (χ1) is 15.4. The summed E-state index contributed by atoms with van der Waals surface area (Å²) in [5, 5.41) is 0.772. The first-order valence-electron chi connectivity index (χ1n) is 11.6. The van der Waals surface area contributed by atoms with Crippen LogP contribution in [0.2, 0.25) is 0 Å². The number of carbonyl (C=O) groups is 1. The molecule has 1 amide bonds. The van der Waals surface area contributed by atoms with E-state index in [1.165, 1.54) is 11.3 Å². The summed E-state index contributed by atoms with van der Waals surface area (Å²) in [4.78, 5) is 29.6.